The number of aromatic nitrogens is 1. The molecule has 1 atom stereocenters. The topological polar surface area (TPSA) is 24.9 Å². The average Bonchev–Trinajstić information content (AvgIpc) is 2.56. The molecule has 1 aromatic carbocycles. The maximum absolute atomic E-state index is 4.60. The maximum atomic E-state index is 4.60. The summed E-state index contributed by atoms with van der Waals surface area (Å²) in [6, 6.07) is 11.1. The zero-order chi connectivity index (χ0) is 14.5. The maximum Gasteiger partial charge on any atom is 0.0702 e. The smallest absolute Gasteiger partial charge is 0.0702 e. The Morgan fingerprint density at radius 3 is 2.81 bits per heavy atom. The van der Waals surface area contributed by atoms with Crippen molar-refractivity contribution in [2.24, 2.45) is 5.92 Å². The van der Waals surface area contributed by atoms with Crippen LogP contribution in [0, 0.1) is 5.92 Å². The molecule has 1 aliphatic rings. The molecule has 1 aliphatic carbocycles. The van der Waals surface area contributed by atoms with Crippen LogP contribution in [0.4, 0.5) is 0 Å². The Morgan fingerprint density at radius 2 is 2.00 bits per heavy atom. The molecule has 2 nitrogen and oxygen atoms in total. The Labute approximate surface area is 128 Å². The number of fused-ring (bicyclic) bond motifs is 1. The zero-order valence-electron chi connectivity index (χ0n) is 13.0. The van der Waals surface area contributed by atoms with Crippen LogP contribution in [0.2, 0.25) is 0 Å². The minimum Gasteiger partial charge on any atom is -0.313 e. The van der Waals surface area contributed by atoms with E-state index in [1.54, 1.807) is 0 Å². The monoisotopic (exact) mass is 282 g/mol. The summed E-state index contributed by atoms with van der Waals surface area (Å²) in [5.74, 6) is 0.947. The van der Waals surface area contributed by atoms with Gasteiger partial charge in [0, 0.05) is 17.6 Å². The fourth-order valence-electron chi connectivity index (χ4n) is 3.63. The zero-order valence-corrected chi connectivity index (χ0v) is 13.0. The molecule has 21 heavy (non-hydrogen) atoms. The normalized spacial score (nSPS) is 18.0. The highest BCUT2D eigenvalue weighted by Gasteiger charge is 2.17. The second-order valence-corrected chi connectivity index (χ2v) is 6.38. The summed E-state index contributed by atoms with van der Waals surface area (Å²) in [5.41, 5.74) is 2.41. The van der Waals surface area contributed by atoms with Crippen LogP contribution >= 0.6 is 0 Å². The lowest BCUT2D eigenvalue weighted by Gasteiger charge is -2.24. The number of nitrogens with zero attached hydrogens (tertiary/aromatic N) is 1. The lowest BCUT2D eigenvalue weighted by Crippen LogP contribution is -2.18. The van der Waals surface area contributed by atoms with E-state index in [9.17, 15) is 0 Å². The number of benzene rings is 1. The highest BCUT2D eigenvalue weighted by Crippen LogP contribution is 2.30. The van der Waals surface area contributed by atoms with Gasteiger partial charge in [-0.25, -0.2) is 0 Å². The van der Waals surface area contributed by atoms with Gasteiger partial charge in [0.25, 0.3) is 0 Å². The molecule has 0 radical (unpaired) electrons. The number of pyridine rings is 1. The summed E-state index contributed by atoms with van der Waals surface area (Å²) in [7, 11) is 2.07. The molecule has 0 amide bonds. The van der Waals surface area contributed by atoms with Crippen LogP contribution in [0.25, 0.3) is 10.9 Å². The van der Waals surface area contributed by atoms with Crippen LogP contribution in [0.5, 0.6) is 0 Å². The molecule has 1 fully saturated rings. The lowest BCUT2D eigenvalue weighted by atomic mass is 9.84. The van der Waals surface area contributed by atoms with E-state index in [0.29, 0.717) is 6.04 Å². The average molecular weight is 282 g/mol. The van der Waals surface area contributed by atoms with Crippen LogP contribution in [-0.4, -0.2) is 12.0 Å². The van der Waals surface area contributed by atoms with Gasteiger partial charge in [-0.15, -0.1) is 0 Å². The number of hydrogen-bond acceptors (Lipinski definition) is 2. The molecule has 112 valence electrons. The molecule has 1 heterocycles. The summed E-state index contributed by atoms with van der Waals surface area (Å²) in [4.78, 5) is 4.60. The van der Waals surface area contributed by atoms with E-state index in [4.69, 9.17) is 0 Å². The van der Waals surface area contributed by atoms with Gasteiger partial charge in [0.1, 0.15) is 0 Å². The quantitative estimate of drug-likeness (QED) is 0.847. The van der Waals surface area contributed by atoms with Gasteiger partial charge >= 0.3 is 0 Å². The third kappa shape index (κ3) is 3.62. The third-order valence-corrected chi connectivity index (χ3v) is 4.95. The van der Waals surface area contributed by atoms with Crippen molar-refractivity contribution in [2.45, 2.75) is 51.0 Å². The van der Waals surface area contributed by atoms with Crippen molar-refractivity contribution in [3.05, 3.63) is 42.1 Å². The first-order valence-corrected chi connectivity index (χ1v) is 8.39. The molecule has 2 heteroatoms. The molecule has 0 spiro atoms. The minimum atomic E-state index is 0.434. The summed E-state index contributed by atoms with van der Waals surface area (Å²) in [5, 5.41) is 4.73. The first-order chi connectivity index (χ1) is 10.4. The van der Waals surface area contributed by atoms with E-state index in [1.807, 2.05) is 12.3 Å². The molecule has 0 saturated heterocycles. The van der Waals surface area contributed by atoms with E-state index in [2.05, 4.69) is 41.6 Å². The highest BCUT2D eigenvalue weighted by atomic mass is 14.9. The summed E-state index contributed by atoms with van der Waals surface area (Å²) >= 11 is 0. The van der Waals surface area contributed by atoms with Crippen LogP contribution in [0.15, 0.2) is 36.5 Å². The van der Waals surface area contributed by atoms with E-state index in [0.717, 1.165) is 11.4 Å². The molecule has 1 unspecified atom stereocenters. The van der Waals surface area contributed by atoms with Gasteiger partial charge < -0.3 is 5.32 Å². The fraction of sp³-hybridized carbons (Fsp3) is 0.526. The van der Waals surface area contributed by atoms with Crippen molar-refractivity contribution in [1.82, 2.24) is 10.3 Å². The van der Waals surface area contributed by atoms with Crippen molar-refractivity contribution in [3.63, 3.8) is 0 Å². The van der Waals surface area contributed by atoms with Crippen molar-refractivity contribution in [3.8, 4) is 0 Å². The molecule has 0 bridgehead atoms. The molecule has 1 saturated carbocycles. The van der Waals surface area contributed by atoms with Crippen molar-refractivity contribution in [2.75, 3.05) is 7.05 Å². The second kappa shape index (κ2) is 7.04. The van der Waals surface area contributed by atoms with Gasteiger partial charge in [0.2, 0.25) is 0 Å². The molecule has 1 aromatic heterocycles. The van der Waals surface area contributed by atoms with Gasteiger partial charge in [-0.05, 0) is 43.5 Å². The predicted octanol–water partition coefficient (Wildman–Crippen LogP) is 4.86. The predicted molar refractivity (Wildman–Crippen MR) is 89.4 cm³/mol. The molecule has 1 N–H and O–H groups in total. The molecular weight excluding hydrogens is 256 g/mol. The Hall–Kier alpha value is -1.41. The van der Waals surface area contributed by atoms with Crippen LogP contribution in [0.1, 0.15) is 56.6 Å². The van der Waals surface area contributed by atoms with Crippen molar-refractivity contribution in [1.29, 1.82) is 0 Å². The standard InChI is InChI=1S/C19H26N2/c1-20-18(12-11-15-7-3-2-4-8-15)17-13-16-9-5-6-10-19(16)21-14-17/h5-6,9-10,13-15,18,20H,2-4,7-8,11-12H2,1H3. The summed E-state index contributed by atoms with van der Waals surface area (Å²) < 4.78 is 0. The van der Waals surface area contributed by atoms with Gasteiger partial charge in [-0.1, -0.05) is 50.3 Å². The van der Waals surface area contributed by atoms with Crippen molar-refractivity contribution < 1.29 is 0 Å². The van der Waals surface area contributed by atoms with E-state index in [-0.39, 0.29) is 0 Å². The number of para-hydroxylation sites is 1. The second-order valence-electron chi connectivity index (χ2n) is 6.38. The van der Waals surface area contributed by atoms with Crippen LogP contribution in [0.3, 0.4) is 0 Å². The van der Waals surface area contributed by atoms with Gasteiger partial charge in [-0.2, -0.15) is 0 Å². The van der Waals surface area contributed by atoms with Crippen molar-refractivity contribution >= 4 is 10.9 Å². The Balaban J connectivity index is 1.68. The Morgan fingerprint density at radius 1 is 1.19 bits per heavy atom. The van der Waals surface area contributed by atoms with E-state index >= 15 is 0 Å². The van der Waals surface area contributed by atoms with Crippen LogP contribution < -0.4 is 5.32 Å². The van der Waals surface area contributed by atoms with Gasteiger partial charge in [0.05, 0.1) is 5.52 Å². The number of hydrogen-bond donors (Lipinski definition) is 1. The third-order valence-electron chi connectivity index (χ3n) is 4.95. The molecular formula is C19H26N2. The molecule has 0 aliphatic heterocycles. The number of nitrogens with one attached hydrogen (secondary N) is 1. The first-order valence-electron chi connectivity index (χ1n) is 8.39. The number of rotatable bonds is 5. The highest BCUT2D eigenvalue weighted by molar-refractivity contribution is 5.78. The SMILES string of the molecule is CNC(CCC1CCCCC1)c1cnc2ccccc2c1. The fourth-order valence-corrected chi connectivity index (χ4v) is 3.63. The van der Waals surface area contributed by atoms with E-state index in [1.165, 1.54) is 55.9 Å². The van der Waals surface area contributed by atoms with E-state index < -0.39 is 0 Å². The summed E-state index contributed by atoms with van der Waals surface area (Å²) in [6.07, 6.45) is 11.8. The van der Waals surface area contributed by atoms with Gasteiger partial charge in [0.15, 0.2) is 0 Å². The van der Waals surface area contributed by atoms with Crippen LogP contribution in [-0.2, 0) is 0 Å². The first kappa shape index (κ1) is 14.5. The largest absolute Gasteiger partial charge is 0.313 e. The van der Waals surface area contributed by atoms with Gasteiger partial charge in [-0.3, -0.25) is 4.98 Å². The lowest BCUT2D eigenvalue weighted by molar-refractivity contribution is 0.317. The Bertz CT molecular complexity index is 573. The summed E-state index contributed by atoms with van der Waals surface area (Å²) in [6.45, 7) is 0. The molecule has 2 aromatic rings. The minimum absolute atomic E-state index is 0.434. The molecule has 3 rings (SSSR count). The Kier molecular flexibility index (Phi) is 4.87.